The third-order valence-corrected chi connectivity index (χ3v) is 2.82. The van der Waals surface area contributed by atoms with Gasteiger partial charge in [0.25, 0.3) is 0 Å². The molecule has 1 aromatic rings. The highest BCUT2D eigenvalue weighted by molar-refractivity contribution is 5.19. The molecule has 0 fully saturated rings. The molecule has 2 heteroatoms. The number of benzene rings is 1. The first-order valence-corrected chi connectivity index (χ1v) is 6.17. The third kappa shape index (κ3) is 4.33. The highest BCUT2D eigenvalue weighted by Crippen LogP contribution is 2.16. The van der Waals surface area contributed by atoms with Crippen LogP contribution in [0.1, 0.15) is 44.7 Å². The summed E-state index contributed by atoms with van der Waals surface area (Å²) in [6, 6.07) is 10.1. The minimum Gasteiger partial charge on any atom is -0.377 e. The number of rotatable bonds is 7. The second-order valence-corrected chi connectivity index (χ2v) is 4.22. The summed E-state index contributed by atoms with van der Waals surface area (Å²) < 4.78 is 5.74. The van der Waals surface area contributed by atoms with Gasteiger partial charge in [0.1, 0.15) is 0 Å². The van der Waals surface area contributed by atoms with E-state index in [0.717, 1.165) is 18.6 Å². The number of hydrogen-bond acceptors (Lipinski definition) is 2. The van der Waals surface area contributed by atoms with E-state index in [1.165, 1.54) is 12.8 Å². The van der Waals surface area contributed by atoms with Gasteiger partial charge in [0.15, 0.2) is 0 Å². The van der Waals surface area contributed by atoms with Crippen molar-refractivity contribution in [3.8, 4) is 0 Å². The summed E-state index contributed by atoms with van der Waals surface area (Å²) in [5.74, 6) is 0. The van der Waals surface area contributed by atoms with Crippen molar-refractivity contribution in [3.63, 3.8) is 0 Å². The van der Waals surface area contributed by atoms with Crippen LogP contribution in [-0.2, 0) is 4.74 Å². The first-order valence-electron chi connectivity index (χ1n) is 6.17. The minimum absolute atomic E-state index is 0.0252. The van der Waals surface area contributed by atoms with E-state index < -0.39 is 0 Å². The van der Waals surface area contributed by atoms with Gasteiger partial charge in [-0.3, -0.25) is 0 Å². The molecule has 0 amide bonds. The topological polar surface area (TPSA) is 35.2 Å². The van der Waals surface area contributed by atoms with Crippen molar-refractivity contribution in [1.29, 1.82) is 0 Å². The molecule has 0 aliphatic heterocycles. The van der Waals surface area contributed by atoms with Crippen molar-refractivity contribution in [2.75, 3.05) is 6.61 Å². The van der Waals surface area contributed by atoms with E-state index in [2.05, 4.69) is 19.1 Å². The highest BCUT2D eigenvalue weighted by Gasteiger charge is 2.14. The van der Waals surface area contributed by atoms with E-state index >= 15 is 0 Å². The maximum atomic E-state index is 6.13. The maximum Gasteiger partial charge on any atom is 0.0739 e. The normalized spacial score (nSPS) is 14.7. The summed E-state index contributed by atoms with van der Waals surface area (Å²) in [4.78, 5) is 0. The summed E-state index contributed by atoms with van der Waals surface area (Å²) in [5.41, 5.74) is 7.27. The predicted molar refractivity (Wildman–Crippen MR) is 68.3 cm³/mol. The SMILES string of the molecule is CCCCCOC(C)C(N)c1ccccc1. The fraction of sp³-hybridized carbons (Fsp3) is 0.571. The van der Waals surface area contributed by atoms with Crippen LogP contribution in [0.2, 0.25) is 0 Å². The summed E-state index contributed by atoms with van der Waals surface area (Å²) in [6.45, 7) is 5.05. The molecule has 1 rings (SSSR count). The second kappa shape index (κ2) is 7.42. The molecule has 2 unspecified atom stereocenters. The molecule has 2 atom stereocenters. The van der Waals surface area contributed by atoms with Crippen molar-refractivity contribution in [2.24, 2.45) is 5.73 Å². The Morgan fingerprint density at radius 1 is 1.19 bits per heavy atom. The van der Waals surface area contributed by atoms with Crippen LogP contribution < -0.4 is 5.73 Å². The van der Waals surface area contributed by atoms with Gasteiger partial charge in [-0.25, -0.2) is 0 Å². The molecule has 2 N–H and O–H groups in total. The van der Waals surface area contributed by atoms with Gasteiger partial charge in [0.2, 0.25) is 0 Å². The van der Waals surface area contributed by atoms with E-state index in [0.29, 0.717) is 0 Å². The van der Waals surface area contributed by atoms with Gasteiger partial charge in [-0.05, 0) is 18.9 Å². The Labute approximate surface area is 98.8 Å². The molecule has 0 radical (unpaired) electrons. The molecule has 0 aliphatic carbocycles. The largest absolute Gasteiger partial charge is 0.377 e. The summed E-state index contributed by atoms with van der Waals surface area (Å²) in [7, 11) is 0. The van der Waals surface area contributed by atoms with Crippen LogP contribution in [0.15, 0.2) is 30.3 Å². The Bertz CT molecular complexity index is 273. The van der Waals surface area contributed by atoms with Crippen LogP contribution in [0.5, 0.6) is 0 Å². The smallest absolute Gasteiger partial charge is 0.0739 e. The van der Waals surface area contributed by atoms with Crippen molar-refractivity contribution < 1.29 is 4.74 Å². The molecular formula is C14H23NO. The van der Waals surface area contributed by atoms with Gasteiger partial charge in [-0.15, -0.1) is 0 Å². The second-order valence-electron chi connectivity index (χ2n) is 4.22. The van der Waals surface area contributed by atoms with Crippen LogP contribution in [0.4, 0.5) is 0 Å². The van der Waals surface area contributed by atoms with Crippen molar-refractivity contribution in [2.45, 2.75) is 45.3 Å². The molecule has 0 saturated carbocycles. The van der Waals surface area contributed by atoms with Gasteiger partial charge in [-0.2, -0.15) is 0 Å². The van der Waals surface area contributed by atoms with Crippen molar-refractivity contribution in [1.82, 2.24) is 0 Å². The summed E-state index contributed by atoms with van der Waals surface area (Å²) in [5, 5.41) is 0. The molecular weight excluding hydrogens is 198 g/mol. The van der Waals surface area contributed by atoms with E-state index in [1.807, 2.05) is 25.1 Å². The third-order valence-electron chi connectivity index (χ3n) is 2.82. The zero-order chi connectivity index (χ0) is 11.8. The molecule has 0 bridgehead atoms. The number of nitrogens with two attached hydrogens (primary N) is 1. The average molecular weight is 221 g/mol. The summed E-state index contributed by atoms with van der Waals surface area (Å²) >= 11 is 0. The number of unbranched alkanes of at least 4 members (excludes halogenated alkanes) is 2. The summed E-state index contributed by atoms with van der Waals surface area (Å²) in [6.07, 6.45) is 3.66. The highest BCUT2D eigenvalue weighted by atomic mass is 16.5. The fourth-order valence-electron chi connectivity index (χ4n) is 1.67. The standard InChI is InChI=1S/C14H23NO/c1-3-4-8-11-16-12(2)14(15)13-9-6-5-7-10-13/h5-7,9-10,12,14H,3-4,8,11,15H2,1-2H3. The van der Waals surface area contributed by atoms with Gasteiger partial charge in [-0.1, -0.05) is 50.1 Å². The molecule has 0 spiro atoms. The number of hydrogen-bond donors (Lipinski definition) is 1. The van der Waals surface area contributed by atoms with Crippen molar-refractivity contribution >= 4 is 0 Å². The lowest BCUT2D eigenvalue weighted by Crippen LogP contribution is -2.26. The Morgan fingerprint density at radius 3 is 2.50 bits per heavy atom. The lowest BCUT2D eigenvalue weighted by atomic mass is 10.0. The van der Waals surface area contributed by atoms with E-state index in [-0.39, 0.29) is 12.1 Å². The molecule has 1 aromatic carbocycles. The lowest BCUT2D eigenvalue weighted by Gasteiger charge is -2.20. The quantitative estimate of drug-likeness (QED) is 0.717. The van der Waals surface area contributed by atoms with E-state index in [9.17, 15) is 0 Å². The Hall–Kier alpha value is -0.860. The first-order chi connectivity index (χ1) is 7.75. The van der Waals surface area contributed by atoms with Crippen LogP contribution in [0, 0.1) is 0 Å². The first kappa shape index (κ1) is 13.2. The molecule has 2 nitrogen and oxygen atoms in total. The lowest BCUT2D eigenvalue weighted by molar-refractivity contribution is 0.0457. The predicted octanol–water partition coefficient (Wildman–Crippen LogP) is 3.28. The maximum absolute atomic E-state index is 6.13. The Balaban J connectivity index is 2.33. The van der Waals surface area contributed by atoms with Gasteiger partial charge >= 0.3 is 0 Å². The molecule has 0 heterocycles. The Kier molecular flexibility index (Phi) is 6.12. The monoisotopic (exact) mass is 221 g/mol. The zero-order valence-corrected chi connectivity index (χ0v) is 10.4. The van der Waals surface area contributed by atoms with Crippen LogP contribution >= 0.6 is 0 Å². The minimum atomic E-state index is -0.0252. The Morgan fingerprint density at radius 2 is 1.88 bits per heavy atom. The van der Waals surface area contributed by atoms with Crippen LogP contribution in [0.3, 0.4) is 0 Å². The molecule has 0 saturated heterocycles. The van der Waals surface area contributed by atoms with E-state index in [4.69, 9.17) is 10.5 Å². The van der Waals surface area contributed by atoms with Crippen LogP contribution in [-0.4, -0.2) is 12.7 Å². The number of ether oxygens (including phenoxy) is 1. The molecule has 0 aliphatic rings. The zero-order valence-electron chi connectivity index (χ0n) is 10.4. The average Bonchev–Trinajstić information content (AvgIpc) is 2.34. The molecule has 90 valence electrons. The van der Waals surface area contributed by atoms with Crippen molar-refractivity contribution in [3.05, 3.63) is 35.9 Å². The van der Waals surface area contributed by atoms with Gasteiger partial charge < -0.3 is 10.5 Å². The van der Waals surface area contributed by atoms with Crippen LogP contribution in [0.25, 0.3) is 0 Å². The van der Waals surface area contributed by atoms with E-state index in [1.54, 1.807) is 0 Å². The molecule has 0 aromatic heterocycles. The fourth-order valence-corrected chi connectivity index (χ4v) is 1.67. The van der Waals surface area contributed by atoms with Gasteiger partial charge in [0.05, 0.1) is 12.1 Å². The van der Waals surface area contributed by atoms with Gasteiger partial charge in [0, 0.05) is 6.61 Å². The molecule has 16 heavy (non-hydrogen) atoms.